The third-order valence-corrected chi connectivity index (χ3v) is 5.85. The van der Waals surface area contributed by atoms with Gasteiger partial charge in [-0.3, -0.25) is 0 Å². The lowest BCUT2D eigenvalue weighted by Gasteiger charge is -2.42. The second kappa shape index (κ2) is 10.5. The Labute approximate surface area is 178 Å². The number of aliphatic hydroxyl groups is 2. The minimum absolute atomic E-state index is 0.166. The first-order valence-corrected chi connectivity index (χ1v) is 10.6. The number of ether oxygens (including phenoxy) is 2. The maximum Gasteiger partial charge on any atom is 0.0818 e. The van der Waals surface area contributed by atoms with Crippen molar-refractivity contribution in [1.82, 2.24) is 0 Å². The van der Waals surface area contributed by atoms with Gasteiger partial charge in [-0.15, -0.1) is 0 Å². The largest absolute Gasteiger partial charge is 0.388 e. The van der Waals surface area contributed by atoms with Gasteiger partial charge in [0.2, 0.25) is 0 Å². The average molecular weight is 415 g/mol. The molecular weight excluding hydrogens is 380 g/mol. The Balaban J connectivity index is 0.000000171. The van der Waals surface area contributed by atoms with Crippen molar-refractivity contribution in [2.75, 3.05) is 13.1 Å². The summed E-state index contributed by atoms with van der Waals surface area (Å²) >= 11 is 0. The zero-order chi connectivity index (χ0) is 21.5. The molecule has 0 unspecified atom stereocenters. The Hall–Kier alpha value is -1.80. The van der Waals surface area contributed by atoms with Crippen LogP contribution in [0.2, 0.25) is 0 Å². The van der Waals surface area contributed by atoms with Crippen molar-refractivity contribution < 1.29 is 19.7 Å². The van der Waals surface area contributed by atoms with Gasteiger partial charge in [-0.2, -0.15) is 0 Å². The first-order valence-electron chi connectivity index (χ1n) is 10.6. The van der Waals surface area contributed by atoms with E-state index in [1.54, 1.807) is 0 Å². The van der Waals surface area contributed by atoms with Crippen molar-refractivity contribution in [3.05, 3.63) is 71.8 Å². The van der Waals surface area contributed by atoms with Crippen LogP contribution in [-0.4, -0.2) is 46.7 Å². The molecule has 2 aromatic rings. The van der Waals surface area contributed by atoms with Crippen LogP contribution in [0, 0.1) is 0 Å². The molecule has 0 aliphatic heterocycles. The Morgan fingerprint density at radius 3 is 1.30 bits per heavy atom. The van der Waals surface area contributed by atoms with E-state index in [-0.39, 0.29) is 12.2 Å². The number of hydrogen-bond acceptors (Lipinski definition) is 6. The molecule has 6 N–H and O–H groups in total. The summed E-state index contributed by atoms with van der Waals surface area (Å²) in [6.07, 6.45) is 2.98. The lowest BCUT2D eigenvalue weighted by Crippen LogP contribution is -2.53. The molecule has 2 fully saturated rings. The highest BCUT2D eigenvalue weighted by Crippen LogP contribution is 2.34. The van der Waals surface area contributed by atoms with E-state index in [9.17, 15) is 10.2 Å². The van der Waals surface area contributed by atoms with E-state index in [0.29, 0.717) is 52.0 Å². The van der Waals surface area contributed by atoms with E-state index < -0.39 is 11.2 Å². The third-order valence-electron chi connectivity index (χ3n) is 5.85. The number of nitrogens with two attached hydrogens (primary N) is 2. The van der Waals surface area contributed by atoms with Gasteiger partial charge in [-0.1, -0.05) is 60.7 Å². The topological polar surface area (TPSA) is 111 Å². The molecule has 4 rings (SSSR count). The molecule has 0 heterocycles. The lowest BCUT2D eigenvalue weighted by atomic mass is 9.77. The van der Waals surface area contributed by atoms with Gasteiger partial charge < -0.3 is 31.2 Å². The van der Waals surface area contributed by atoms with Crippen LogP contribution in [0.1, 0.15) is 36.8 Å². The fourth-order valence-electron chi connectivity index (χ4n) is 3.72. The molecule has 6 nitrogen and oxygen atoms in total. The Kier molecular flexibility index (Phi) is 7.99. The Bertz CT molecular complexity index is 679. The van der Waals surface area contributed by atoms with Crippen LogP contribution in [0.3, 0.4) is 0 Å². The molecular formula is C24H34N2O4. The Morgan fingerprint density at radius 2 is 1.00 bits per heavy atom. The summed E-state index contributed by atoms with van der Waals surface area (Å²) in [5, 5.41) is 19.4. The summed E-state index contributed by atoms with van der Waals surface area (Å²) < 4.78 is 11.3. The van der Waals surface area contributed by atoms with E-state index in [2.05, 4.69) is 0 Å². The minimum Gasteiger partial charge on any atom is -0.388 e. The van der Waals surface area contributed by atoms with E-state index in [1.165, 1.54) is 11.1 Å². The van der Waals surface area contributed by atoms with E-state index >= 15 is 0 Å². The number of hydrogen-bond donors (Lipinski definition) is 4. The van der Waals surface area contributed by atoms with Gasteiger partial charge in [0.15, 0.2) is 0 Å². The summed E-state index contributed by atoms with van der Waals surface area (Å²) in [6, 6.07) is 20.1. The van der Waals surface area contributed by atoms with Gasteiger partial charge in [0.25, 0.3) is 0 Å². The summed E-state index contributed by atoms with van der Waals surface area (Å²) in [7, 11) is 0. The van der Waals surface area contributed by atoms with Crippen molar-refractivity contribution in [2.24, 2.45) is 11.5 Å². The van der Waals surface area contributed by atoms with Crippen LogP contribution in [-0.2, 0) is 22.7 Å². The smallest absolute Gasteiger partial charge is 0.0818 e. The second-order valence-electron chi connectivity index (χ2n) is 8.51. The fraction of sp³-hybridized carbons (Fsp3) is 0.500. The number of rotatable bonds is 8. The standard InChI is InChI=1S/2C12H17NO2/c2*13-9-12(14)6-11(7-12)15-8-10-4-2-1-3-5-10/h2*1-5,11,14H,6-9,13H2. The van der Waals surface area contributed by atoms with Crippen LogP contribution in [0.25, 0.3) is 0 Å². The van der Waals surface area contributed by atoms with Gasteiger partial charge >= 0.3 is 0 Å². The summed E-state index contributed by atoms with van der Waals surface area (Å²) in [5.74, 6) is 0. The summed E-state index contributed by atoms with van der Waals surface area (Å²) in [4.78, 5) is 0. The second-order valence-corrected chi connectivity index (χ2v) is 8.51. The van der Waals surface area contributed by atoms with Crippen molar-refractivity contribution >= 4 is 0 Å². The van der Waals surface area contributed by atoms with Crippen LogP contribution in [0.15, 0.2) is 60.7 Å². The molecule has 0 bridgehead atoms. The highest BCUT2D eigenvalue weighted by atomic mass is 16.5. The molecule has 0 saturated heterocycles. The van der Waals surface area contributed by atoms with Gasteiger partial charge in [0.05, 0.1) is 36.6 Å². The van der Waals surface area contributed by atoms with Crippen molar-refractivity contribution in [3.63, 3.8) is 0 Å². The molecule has 30 heavy (non-hydrogen) atoms. The van der Waals surface area contributed by atoms with E-state index in [1.807, 2.05) is 60.7 Å². The molecule has 0 radical (unpaired) electrons. The molecule has 2 aliphatic rings. The fourth-order valence-corrected chi connectivity index (χ4v) is 3.72. The highest BCUT2D eigenvalue weighted by Gasteiger charge is 2.42. The lowest BCUT2D eigenvalue weighted by molar-refractivity contribution is -0.138. The molecule has 0 amide bonds. The SMILES string of the molecule is NCC1(O)CC(OCc2ccccc2)C1.NCC1(O)CC(OCc2ccccc2)C1. The quantitative estimate of drug-likeness (QED) is 0.527. The van der Waals surface area contributed by atoms with Crippen LogP contribution in [0.4, 0.5) is 0 Å². The summed E-state index contributed by atoms with van der Waals surface area (Å²) in [5.41, 5.74) is 11.9. The Morgan fingerprint density at radius 1 is 0.667 bits per heavy atom. The number of benzene rings is 2. The summed E-state index contributed by atoms with van der Waals surface area (Å²) in [6.45, 7) is 1.90. The molecule has 2 aromatic carbocycles. The molecule has 0 spiro atoms. The molecule has 164 valence electrons. The monoisotopic (exact) mass is 414 g/mol. The van der Waals surface area contributed by atoms with Gasteiger partial charge in [-0.05, 0) is 11.1 Å². The van der Waals surface area contributed by atoms with Crippen molar-refractivity contribution in [2.45, 2.75) is 62.3 Å². The maximum absolute atomic E-state index is 9.68. The van der Waals surface area contributed by atoms with Crippen LogP contribution >= 0.6 is 0 Å². The van der Waals surface area contributed by atoms with Gasteiger partial charge in [-0.25, -0.2) is 0 Å². The molecule has 2 aliphatic carbocycles. The zero-order valence-corrected chi connectivity index (χ0v) is 17.5. The molecule has 0 aromatic heterocycles. The highest BCUT2D eigenvalue weighted by molar-refractivity contribution is 5.14. The predicted octanol–water partition coefficient (Wildman–Crippen LogP) is 2.11. The van der Waals surface area contributed by atoms with Crippen LogP contribution < -0.4 is 11.5 Å². The van der Waals surface area contributed by atoms with E-state index in [0.717, 1.165) is 0 Å². The molecule has 6 heteroatoms. The third kappa shape index (κ3) is 6.60. The van der Waals surface area contributed by atoms with Crippen LogP contribution in [0.5, 0.6) is 0 Å². The van der Waals surface area contributed by atoms with Gasteiger partial charge in [0.1, 0.15) is 0 Å². The maximum atomic E-state index is 9.68. The zero-order valence-electron chi connectivity index (χ0n) is 17.5. The molecule has 2 saturated carbocycles. The molecule has 0 atom stereocenters. The van der Waals surface area contributed by atoms with E-state index in [4.69, 9.17) is 20.9 Å². The minimum atomic E-state index is -0.665. The first kappa shape index (κ1) is 22.9. The normalized spacial score (nSPS) is 29.9. The van der Waals surface area contributed by atoms with Gasteiger partial charge in [0, 0.05) is 38.8 Å². The van der Waals surface area contributed by atoms with Crippen molar-refractivity contribution in [3.8, 4) is 0 Å². The predicted molar refractivity (Wildman–Crippen MR) is 117 cm³/mol. The first-order chi connectivity index (χ1) is 14.4. The average Bonchev–Trinajstić information content (AvgIpc) is 2.74. The van der Waals surface area contributed by atoms with Crippen molar-refractivity contribution in [1.29, 1.82) is 0 Å².